The summed E-state index contributed by atoms with van der Waals surface area (Å²) < 4.78 is 27.2. The van der Waals surface area contributed by atoms with Crippen LogP contribution in [0.2, 0.25) is 0 Å². The van der Waals surface area contributed by atoms with Crippen LogP contribution in [0.25, 0.3) is 0 Å². The molecule has 0 saturated carbocycles. The van der Waals surface area contributed by atoms with Crippen LogP contribution in [0.3, 0.4) is 0 Å². The first-order valence-electron chi connectivity index (χ1n) is 9.33. The number of hydrogen-bond donors (Lipinski definition) is 1. The number of nitrogens with one attached hydrogen (secondary N) is 1. The predicted molar refractivity (Wildman–Crippen MR) is 104 cm³/mol. The maximum atomic E-state index is 14.0. The van der Waals surface area contributed by atoms with Gasteiger partial charge in [0.2, 0.25) is 11.8 Å². The Morgan fingerprint density at radius 3 is 2.25 bits per heavy atom. The van der Waals surface area contributed by atoms with E-state index in [2.05, 4.69) is 5.32 Å². The lowest BCUT2D eigenvalue weighted by molar-refractivity contribution is -0.140. The van der Waals surface area contributed by atoms with Crippen LogP contribution in [0.15, 0.2) is 48.5 Å². The molecule has 0 unspecified atom stereocenters. The molecule has 1 N–H and O–H groups in total. The van der Waals surface area contributed by atoms with Gasteiger partial charge in [-0.2, -0.15) is 0 Å². The Balaban J connectivity index is 2.21. The van der Waals surface area contributed by atoms with Crippen molar-refractivity contribution >= 4 is 11.8 Å². The van der Waals surface area contributed by atoms with E-state index < -0.39 is 11.9 Å². The SMILES string of the molecule is CC(C)CNC(=O)[C@@H](C)N(Cc1ccc(F)cc1)C(=O)Cc1ccccc1F. The second-order valence-electron chi connectivity index (χ2n) is 7.23. The summed E-state index contributed by atoms with van der Waals surface area (Å²) in [6, 6.07) is 11.1. The minimum absolute atomic E-state index is 0.129. The first kappa shape index (κ1) is 21.5. The third-order valence-electron chi connectivity index (χ3n) is 4.42. The molecule has 2 aromatic carbocycles. The summed E-state index contributed by atoms with van der Waals surface area (Å²) in [5, 5.41) is 2.82. The number of nitrogens with zero attached hydrogens (tertiary/aromatic N) is 1. The lowest BCUT2D eigenvalue weighted by Crippen LogP contribution is -2.48. The summed E-state index contributed by atoms with van der Waals surface area (Å²) in [6.07, 6.45) is -0.157. The third kappa shape index (κ3) is 6.15. The molecule has 0 spiro atoms. The van der Waals surface area contributed by atoms with E-state index in [9.17, 15) is 18.4 Å². The molecular formula is C22H26F2N2O2. The largest absolute Gasteiger partial charge is 0.354 e. The average Bonchev–Trinajstić information content (AvgIpc) is 2.66. The number of benzene rings is 2. The molecule has 0 heterocycles. The van der Waals surface area contributed by atoms with Gasteiger partial charge in [-0.25, -0.2) is 8.78 Å². The molecule has 0 fully saturated rings. The number of amides is 2. The van der Waals surface area contributed by atoms with Gasteiger partial charge in [-0.1, -0.05) is 44.2 Å². The van der Waals surface area contributed by atoms with Crippen LogP contribution in [0, 0.1) is 17.6 Å². The van der Waals surface area contributed by atoms with Crippen molar-refractivity contribution in [3.8, 4) is 0 Å². The molecule has 2 aromatic rings. The maximum absolute atomic E-state index is 14.0. The Labute approximate surface area is 164 Å². The van der Waals surface area contributed by atoms with E-state index in [1.54, 1.807) is 37.3 Å². The fourth-order valence-electron chi connectivity index (χ4n) is 2.73. The van der Waals surface area contributed by atoms with Gasteiger partial charge in [-0.15, -0.1) is 0 Å². The zero-order valence-electron chi connectivity index (χ0n) is 16.4. The molecule has 150 valence electrons. The molecule has 0 aliphatic rings. The Bertz CT molecular complexity index is 806. The molecule has 0 aromatic heterocycles. The summed E-state index contributed by atoms with van der Waals surface area (Å²) >= 11 is 0. The van der Waals surface area contributed by atoms with Crippen molar-refractivity contribution in [3.63, 3.8) is 0 Å². The van der Waals surface area contributed by atoms with Crippen LogP contribution in [0.5, 0.6) is 0 Å². The topological polar surface area (TPSA) is 49.4 Å². The summed E-state index contributed by atoms with van der Waals surface area (Å²) in [5.74, 6) is -1.22. The van der Waals surface area contributed by atoms with E-state index in [1.165, 1.54) is 23.1 Å². The monoisotopic (exact) mass is 388 g/mol. The average molecular weight is 388 g/mol. The summed E-state index contributed by atoms with van der Waals surface area (Å²) in [6.45, 7) is 6.21. The van der Waals surface area contributed by atoms with Crippen molar-refractivity contribution in [2.75, 3.05) is 6.54 Å². The van der Waals surface area contributed by atoms with E-state index in [0.29, 0.717) is 12.1 Å². The molecule has 0 saturated heterocycles. The van der Waals surface area contributed by atoms with Crippen molar-refractivity contribution in [1.29, 1.82) is 0 Å². The lowest BCUT2D eigenvalue weighted by atomic mass is 10.1. The molecule has 1 atom stereocenters. The summed E-state index contributed by atoms with van der Waals surface area (Å²) in [4.78, 5) is 26.8. The van der Waals surface area contributed by atoms with E-state index in [-0.39, 0.29) is 42.1 Å². The molecule has 6 heteroatoms. The highest BCUT2D eigenvalue weighted by Gasteiger charge is 2.26. The molecule has 0 aliphatic carbocycles. The highest BCUT2D eigenvalue weighted by molar-refractivity contribution is 5.88. The molecule has 0 bridgehead atoms. The fourth-order valence-corrected chi connectivity index (χ4v) is 2.73. The maximum Gasteiger partial charge on any atom is 0.242 e. The summed E-state index contributed by atoms with van der Waals surface area (Å²) in [7, 11) is 0. The Hall–Kier alpha value is -2.76. The lowest BCUT2D eigenvalue weighted by Gasteiger charge is -2.29. The number of carbonyl (C=O) groups excluding carboxylic acids is 2. The standard InChI is InChI=1S/C22H26F2N2O2/c1-15(2)13-25-22(28)16(3)26(14-17-8-10-19(23)11-9-17)21(27)12-18-6-4-5-7-20(18)24/h4-11,15-16H,12-14H2,1-3H3,(H,25,28)/t16-/m1/s1. The molecule has 28 heavy (non-hydrogen) atoms. The molecule has 4 nitrogen and oxygen atoms in total. The van der Waals surface area contributed by atoms with Crippen LogP contribution in [-0.4, -0.2) is 29.3 Å². The van der Waals surface area contributed by atoms with Gasteiger partial charge in [0.1, 0.15) is 17.7 Å². The van der Waals surface area contributed by atoms with Crippen molar-refractivity contribution < 1.29 is 18.4 Å². The van der Waals surface area contributed by atoms with Gasteiger partial charge in [0, 0.05) is 13.1 Å². The third-order valence-corrected chi connectivity index (χ3v) is 4.42. The predicted octanol–water partition coefficient (Wildman–Crippen LogP) is 3.70. The Morgan fingerprint density at radius 2 is 1.64 bits per heavy atom. The minimum atomic E-state index is -0.747. The summed E-state index contributed by atoms with van der Waals surface area (Å²) in [5.41, 5.74) is 0.957. The molecule has 2 rings (SSSR count). The van der Waals surface area contributed by atoms with Gasteiger partial charge in [0.05, 0.1) is 6.42 Å². The van der Waals surface area contributed by atoms with E-state index in [1.807, 2.05) is 13.8 Å². The first-order valence-corrected chi connectivity index (χ1v) is 9.33. The van der Waals surface area contributed by atoms with E-state index in [0.717, 1.165) is 0 Å². The Morgan fingerprint density at radius 1 is 1.00 bits per heavy atom. The van der Waals surface area contributed by atoms with Gasteiger partial charge in [-0.3, -0.25) is 9.59 Å². The zero-order valence-corrected chi connectivity index (χ0v) is 16.4. The van der Waals surface area contributed by atoms with Gasteiger partial charge >= 0.3 is 0 Å². The van der Waals surface area contributed by atoms with Gasteiger partial charge in [0.15, 0.2) is 0 Å². The van der Waals surface area contributed by atoms with Crippen molar-refractivity contribution in [1.82, 2.24) is 10.2 Å². The fraction of sp³-hybridized carbons (Fsp3) is 0.364. The smallest absolute Gasteiger partial charge is 0.242 e. The number of halogens is 2. The van der Waals surface area contributed by atoms with Crippen LogP contribution in [-0.2, 0) is 22.6 Å². The molecule has 0 aliphatic heterocycles. The normalized spacial score (nSPS) is 11.9. The van der Waals surface area contributed by atoms with E-state index in [4.69, 9.17) is 0 Å². The van der Waals surface area contributed by atoms with Crippen molar-refractivity contribution in [2.24, 2.45) is 5.92 Å². The number of rotatable bonds is 8. The molecule has 2 amide bonds. The minimum Gasteiger partial charge on any atom is -0.354 e. The van der Waals surface area contributed by atoms with Crippen LogP contribution < -0.4 is 5.32 Å². The second kappa shape index (κ2) is 9.97. The van der Waals surface area contributed by atoms with Crippen LogP contribution in [0.1, 0.15) is 31.9 Å². The number of hydrogen-bond acceptors (Lipinski definition) is 2. The quantitative estimate of drug-likeness (QED) is 0.750. The van der Waals surface area contributed by atoms with Gasteiger partial charge in [0.25, 0.3) is 0 Å². The second-order valence-corrected chi connectivity index (χ2v) is 7.23. The number of carbonyl (C=O) groups is 2. The molecule has 0 radical (unpaired) electrons. The Kier molecular flexibility index (Phi) is 7.67. The molecular weight excluding hydrogens is 362 g/mol. The highest BCUT2D eigenvalue weighted by Crippen LogP contribution is 2.15. The highest BCUT2D eigenvalue weighted by atomic mass is 19.1. The van der Waals surface area contributed by atoms with Crippen molar-refractivity contribution in [2.45, 2.75) is 39.8 Å². The first-order chi connectivity index (χ1) is 13.3. The van der Waals surface area contributed by atoms with Gasteiger partial charge < -0.3 is 10.2 Å². The van der Waals surface area contributed by atoms with Gasteiger partial charge in [-0.05, 0) is 42.2 Å². The van der Waals surface area contributed by atoms with Crippen LogP contribution >= 0.6 is 0 Å². The zero-order chi connectivity index (χ0) is 20.7. The van der Waals surface area contributed by atoms with Crippen molar-refractivity contribution in [3.05, 3.63) is 71.3 Å². The van der Waals surface area contributed by atoms with E-state index >= 15 is 0 Å². The van der Waals surface area contributed by atoms with Crippen LogP contribution in [0.4, 0.5) is 8.78 Å².